The predicted molar refractivity (Wildman–Crippen MR) is 85.4 cm³/mol. The summed E-state index contributed by atoms with van der Waals surface area (Å²) < 4.78 is 63.5. The van der Waals surface area contributed by atoms with E-state index in [-0.39, 0.29) is 0 Å². The quantitative estimate of drug-likeness (QED) is 0.520. The molecule has 6 nitrogen and oxygen atoms in total. The first-order valence-corrected chi connectivity index (χ1v) is 8.81. The number of rotatable bonds is 3. The van der Waals surface area contributed by atoms with Crippen molar-refractivity contribution in [1.29, 1.82) is 0 Å². The lowest BCUT2D eigenvalue weighted by Gasteiger charge is -2.41. The van der Waals surface area contributed by atoms with Crippen LogP contribution in [0.4, 0.5) is 26.3 Å². The standard InChI is InChI=1S/C12H22N2.2C2HF3O2/c13-10-5-7-12(8-6-10,9-1-2-9)14-11-3-4-11;2*3-2(4,5)1(6)7/h9-11,14H,1-8,13H2;2*(H,6,7). The van der Waals surface area contributed by atoms with Gasteiger partial charge >= 0.3 is 24.3 Å². The SMILES string of the molecule is NC1CCC(NC2CC2)(C2CC2)CC1.O=C(O)C(F)(F)F.O=C(O)C(F)(F)F. The average molecular weight is 422 g/mol. The Bertz CT molecular complexity index is 512. The van der Waals surface area contributed by atoms with Gasteiger partial charge in [0, 0.05) is 17.6 Å². The molecule has 0 aromatic rings. The molecule has 0 bridgehead atoms. The monoisotopic (exact) mass is 422 g/mol. The van der Waals surface area contributed by atoms with Gasteiger partial charge in [0.2, 0.25) is 0 Å². The van der Waals surface area contributed by atoms with E-state index < -0.39 is 24.3 Å². The van der Waals surface area contributed by atoms with Gasteiger partial charge in [-0.05, 0) is 57.3 Å². The minimum atomic E-state index is -5.08. The Hall–Kier alpha value is -1.56. The summed E-state index contributed by atoms with van der Waals surface area (Å²) >= 11 is 0. The summed E-state index contributed by atoms with van der Waals surface area (Å²) in [7, 11) is 0. The summed E-state index contributed by atoms with van der Waals surface area (Å²) in [4.78, 5) is 17.8. The van der Waals surface area contributed by atoms with Crippen molar-refractivity contribution >= 4 is 11.9 Å². The van der Waals surface area contributed by atoms with Gasteiger partial charge in [-0.3, -0.25) is 0 Å². The molecule has 3 aliphatic rings. The van der Waals surface area contributed by atoms with Crippen LogP contribution in [-0.4, -0.2) is 52.1 Å². The second-order valence-electron chi connectivity index (χ2n) is 7.29. The number of carbonyl (C=O) groups is 2. The summed E-state index contributed by atoms with van der Waals surface area (Å²) in [6.07, 6.45) is 0.780. The van der Waals surface area contributed by atoms with Crippen LogP contribution in [0.25, 0.3) is 0 Å². The zero-order chi connectivity index (χ0) is 21.8. The third-order valence-electron chi connectivity index (χ3n) is 4.84. The molecule has 3 rings (SSSR count). The van der Waals surface area contributed by atoms with Crippen LogP contribution < -0.4 is 11.1 Å². The van der Waals surface area contributed by atoms with E-state index in [0.29, 0.717) is 11.6 Å². The molecule has 0 aromatic carbocycles. The molecule has 0 atom stereocenters. The number of nitrogens with one attached hydrogen (secondary N) is 1. The maximum atomic E-state index is 10.6. The fraction of sp³-hybridized carbons (Fsp3) is 0.875. The van der Waals surface area contributed by atoms with Crippen LogP contribution in [0.1, 0.15) is 51.4 Å². The second kappa shape index (κ2) is 9.29. The first-order chi connectivity index (χ1) is 12.7. The fourth-order valence-electron chi connectivity index (χ4n) is 3.10. The highest BCUT2D eigenvalue weighted by molar-refractivity contribution is 5.73. The van der Waals surface area contributed by atoms with Gasteiger partial charge in [-0.15, -0.1) is 0 Å². The van der Waals surface area contributed by atoms with Gasteiger partial charge < -0.3 is 21.3 Å². The molecule has 0 aromatic heterocycles. The highest BCUT2D eigenvalue weighted by Gasteiger charge is 2.48. The summed E-state index contributed by atoms with van der Waals surface area (Å²) in [6.45, 7) is 0. The molecule has 0 saturated heterocycles. The fourth-order valence-corrected chi connectivity index (χ4v) is 3.10. The number of halogens is 6. The van der Waals surface area contributed by atoms with Crippen LogP contribution in [-0.2, 0) is 9.59 Å². The maximum Gasteiger partial charge on any atom is 0.490 e. The highest BCUT2D eigenvalue weighted by atomic mass is 19.4. The summed E-state index contributed by atoms with van der Waals surface area (Å²) in [5.41, 5.74) is 6.52. The largest absolute Gasteiger partial charge is 0.490 e. The number of alkyl halides is 6. The van der Waals surface area contributed by atoms with E-state index in [1.807, 2.05) is 0 Å². The van der Waals surface area contributed by atoms with Crippen LogP contribution in [0.2, 0.25) is 0 Å². The topological polar surface area (TPSA) is 113 Å². The second-order valence-corrected chi connectivity index (χ2v) is 7.29. The minimum absolute atomic E-state index is 0.489. The van der Waals surface area contributed by atoms with E-state index in [9.17, 15) is 26.3 Å². The van der Waals surface area contributed by atoms with Crippen molar-refractivity contribution in [3.05, 3.63) is 0 Å². The first-order valence-electron chi connectivity index (χ1n) is 8.81. The average Bonchev–Trinajstić information content (AvgIpc) is 3.43. The van der Waals surface area contributed by atoms with Crippen molar-refractivity contribution in [3.8, 4) is 0 Å². The number of hydrogen-bond donors (Lipinski definition) is 4. The molecule has 164 valence electrons. The van der Waals surface area contributed by atoms with Crippen molar-refractivity contribution < 1.29 is 46.1 Å². The summed E-state index contributed by atoms with van der Waals surface area (Å²) in [6, 6.07) is 1.35. The molecule has 0 spiro atoms. The summed E-state index contributed by atoms with van der Waals surface area (Å²) in [5, 5.41) is 18.2. The Morgan fingerprint density at radius 1 is 0.821 bits per heavy atom. The third-order valence-corrected chi connectivity index (χ3v) is 4.84. The Morgan fingerprint density at radius 2 is 1.18 bits per heavy atom. The lowest BCUT2D eigenvalue weighted by atomic mass is 9.76. The third kappa shape index (κ3) is 8.63. The first kappa shape index (κ1) is 24.5. The van der Waals surface area contributed by atoms with Crippen LogP contribution in [0.5, 0.6) is 0 Å². The van der Waals surface area contributed by atoms with Gasteiger partial charge in [0.25, 0.3) is 0 Å². The molecule has 0 amide bonds. The van der Waals surface area contributed by atoms with Gasteiger partial charge in [0.1, 0.15) is 0 Å². The molecular formula is C16H24F6N2O4. The normalized spacial score (nSPS) is 27.6. The van der Waals surface area contributed by atoms with Crippen molar-refractivity contribution in [2.45, 2.75) is 81.3 Å². The van der Waals surface area contributed by atoms with Gasteiger partial charge in [0.05, 0.1) is 0 Å². The molecule has 0 aliphatic heterocycles. The Balaban J connectivity index is 0.000000240. The molecule has 0 heterocycles. The van der Waals surface area contributed by atoms with Crippen LogP contribution in [0.15, 0.2) is 0 Å². The zero-order valence-corrected chi connectivity index (χ0v) is 14.9. The molecule has 3 fully saturated rings. The predicted octanol–water partition coefficient (Wildman–Crippen LogP) is 3.06. The molecule has 12 heteroatoms. The minimum Gasteiger partial charge on any atom is -0.475 e. The maximum absolute atomic E-state index is 10.6. The molecule has 0 unspecified atom stereocenters. The number of hydrogen-bond acceptors (Lipinski definition) is 4. The Morgan fingerprint density at radius 3 is 1.43 bits per heavy atom. The molecule has 3 saturated carbocycles. The van der Waals surface area contributed by atoms with Crippen LogP contribution >= 0.6 is 0 Å². The van der Waals surface area contributed by atoms with Crippen molar-refractivity contribution in [1.82, 2.24) is 5.32 Å². The molecular weight excluding hydrogens is 398 g/mol. The van der Waals surface area contributed by atoms with Gasteiger partial charge in [0.15, 0.2) is 0 Å². The van der Waals surface area contributed by atoms with Crippen molar-refractivity contribution in [2.75, 3.05) is 0 Å². The van der Waals surface area contributed by atoms with Gasteiger partial charge in [-0.1, -0.05) is 0 Å². The molecule has 0 radical (unpaired) electrons. The van der Waals surface area contributed by atoms with Crippen molar-refractivity contribution in [2.24, 2.45) is 11.7 Å². The van der Waals surface area contributed by atoms with Gasteiger partial charge in [-0.2, -0.15) is 26.3 Å². The molecule has 3 aliphatic carbocycles. The lowest BCUT2D eigenvalue weighted by molar-refractivity contribution is -0.193. The smallest absolute Gasteiger partial charge is 0.475 e. The Labute approximate surface area is 157 Å². The van der Waals surface area contributed by atoms with Crippen molar-refractivity contribution in [3.63, 3.8) is 0 Å². The summed E-state index contributed by atoms with van der Waals surface area (Å²) in [5.74, 6) is -4.52. The van der Waals surface area contributed by atoms with E-state index in [4.69, 9.17) is 25.5 Å². The molecule has 5 N–H and O–H groups in total. The highest BCUT2D eigenvalue weighted by Crippen LogP contribution is 2.48. The van der Waals surface area contributed by atoms with E-state index in [0.717, 1.165) is 12.0 Å². The van der Waals surface area contributed by atoms with E-state index >= 15 is 0 Å². The molecule has 28 heavy (non-hydrogen) atoms. The number of carboxylic acid groups (broad SMARTS) is 2. The van der Waals surface area contributed by atoms with E-state index in [2.05, 4.69) is 5.32 Å². The number of aliphatic carboxylic acids is 2. The Kier molecular flexibility index (Phi) is 8.12. The lowest BCUT2D eigenvalue weighted by Crippen LogP contribution is -2.52. The van der Waals surface area contributed by atoms with E-state index in [1.54, 1.807) is 0 Å². The van der Waals surface area contributed by atoms with Crippen LogP contribution in [0, 0.1) is 5.92 Å². The number of carboxylic acids is 2. The van der Waals surface area contributed by atoms with Gasteiger partial charge in [-0.25, -0.2) is 9.59 Å². The van der Waals surface area contributed by atoms with E-state index in [1.165, 1.54) is 51.4 Å². The zero-order valence-electron chi connectivity index (χ0n) is 14.9. The number of nitrogens with two attached hydrogens (primary N) is 1. The van der Waals surface area contributed by atoms with Crippen LogP contribution in [0.3, 0.4) is 0 Å².